The molecule has 0 saturated heterocycles. The Morgan fingerprint density at radius 3 is 2.68 bits per heavy atom. The maximum atomic E-state index is 9.29. The molecule has 0 bridgehead atoms. The van der Waals surface area contributed by atoms with Crippen molar-refractivity contribution in [3.05, 3.63) is 64.7 Å². The Kier molecular flexibility index (Phi) is 7.75. The van der Waals surface area contributed by atoms with Gasteiger partial charge in [-0.05, 0) is 44.0 Å². The molecule has 132 valence electrons. The van der Waals surface area contributed by atoms with Crippen LogP contribution in [0.15, 0.2) is 48.5 Å². The summed E-state index contributed by atoms with van der Waals surface area (Å²) in [7, 11) is 0. The van der Waals surface area contributed by atoms with Gasteiger partial charge in [-0.3, -0.25) is 0 Å². The number of halogens is 1. The smallest absolute Gasteiger partial charge is 0.139 e. The van der Waals surface area contributed by atoms with E-state index in [4.69, 9.17) is 21.4 Å². The molecule has 2 aromatic rings. The third kappa shape index (κ3) is 6.06. The summed E-state index contributed by atoms with van der Waals surface area (Å²) >= 11 is 6.06. The van der Waals surface area contributed by atoms with E-state index in [1.54, 1.807) is 18.2 Å². The molecule has 0 aliphatic heterocycles. The van der Waals surface area contributed by atoms with Crippen molar-refractivity contribution in [3.63, 3.8) is 0 Å². The van der Waals surface area contributed by atoms with Gasteiger partial charge in [-0.25, -0.2) is 0 Å². The van der Waals surface area contributed by atoms with Gasteiger partial charge in [0.2, 0.25) is 0 Å². The summed E-state index contributed by atoms with van der Waals surface area (Å²) < 4.78 is 6.15. The minimum absolute atomic E-state index is 0.0780. The number of rotatable bonds is 9. The van der Waals surface area contributed by atoms with E-state index in [0.717, 1.165) is 24.9 Å². The van der Waals surface area contributed by atoms with E-state index in [0.29, 0.717) is 16.3 Å². The number of nitrogens with zero attached hydrogens (tertiary/aromatic N) is 1. The monoisotopic (exact) mass is 358 g/mol. The number of hydrogen-bond acceptors (Lipinski definition) is 4. The van der Waals surface area contributed by atoms with Crippen LogP contribution >= 0.6 is 11.6 Å². The van der Waals surface area contributed by atoms with Crippen LogP contribution < -0.4 is 10.1 Å². The third-order valence-corrected chi connectivity index (χ3v) is 4.15. The van der Waals surface area contributed by atoms with Gasteiger partial charge >= 0.3 is 0 Å². The number of nitrogens with one attached hydrogen (secondary N) is 1. The van der Waals surface area contributed by atoms with E-state index >= 15 is 0 Å². The Balaban J connectivity index is 2.10. The molecule has 0 amide bonds. The Morgan fingerprint density at radius 1 is 1.24 bits per heavy atom. The molecular weight excluding hydrogens is 336 g/mol. The summed E-state index contributed by atoms with van der Waals surface area (Å²) in [6, 6.07) is 17.2. The van der Waals surface area contributed by atoms with Gasteiger partial charge in [-0.2, -0.15) is 5.26 Å². The highest BCUT2D eigenvalue weighted by molar-refractivity contribution is 6.30. The summed E-state index contributed by atoms with van der Waals surface area (Å²) in [4.78, 5) is 0. The summed E-state index contributed by atoms with van der Waals surface area (Å²) in [5.41, 5.74) is 1.53. The van der Waals surface area contributed by atoms with Crippen LogP contribution in [0, 0.1) is 11.3 Å². The van der Waals surface area contributed by atoms with Gasteiger partial charge in [0.15, 0.2) is 0 Å². The molecular formula is C20H23ClN2O2. The maximum Gasteiger partial charge on any atom is 0.139 e. The average Bonchev–Trinajstić information content (AvgIpc) is 2.64. The van der Waals surface area contributed by atoms with Crippen molar-refractivity contribution < 1.29 is 9.84 Å². The van der Waals surface area contributed by atoms with Crippen molar-refractivity contribution in [2.75, 3.05) is 13.2 Å². The first-order valence-electron chi connectivity index (χ1n) is 8.39. The Bertz CT molecular complexity index is 701. The highest BCUT2D eigenvalue weighted by Crippen LogP contribution is 2.30. The zero-order valence-electron chi connectivity index (χ0n) is 14.3. The molecule has 2 rings (SSSR count). The number of aliphatic hydroxyl groups is 1. The molecule has 2 aromatic carbocycles. The first-order valence-corrected chi connectivity index (χ1v) is 8.77. The van der Waals surface area contributed by atoms with Crippen molar-refractivity contribution in [2.24, 2.45) is 0 Å². The summed E-state index contributed by atoms with van der Waals surface area (Å²) in [5, 5.41) is 22.2. The molecule has 0 saturated carbocycles. The molecule has 0 fully saturated rings. The van der Waals surface area contributed by atoms with Gasteiger partial charge in [0, 0.05) is 17.1 Å². The minimum atomic E-state index is -0.169. The Hall–Kier alpha value is -2.06. The average molecular weight is 359 g/mol. The highest BCUT2D eigenvalue weighted by Gasteiger charge is 2.16. The van der Waals surface area contributed by atoms with Crippen molar-refractivity contribution in [2.45, 2.75) is 31.9 Å². The number of nitriles is 1. The fourth-order valence-corrected chi connectivity index (χ4v) is 2.66. The topological polar surface area (TPSA) is 65.3 Å². The van der Waals surface area contributed by atoms with Crippen LogP contribution in [0.3, 0.4) is 0 Å². The van der Waals surface area contributed by atoms with Crippen LogP contribution in [0.5, 0.6) is 5.75 Å². The van der Waals surface area contributed by atoms with E-state index < -0.39 is 0 Å². The molecule has 25 heavy (non-hydrogen) atoms. The lowest BCUT2D eigenvalue weighted by Crippen LogP contribution is -2.30. The van der Waals surface area contributed by atoms with Gasteiger partial charge in [0.1, 0.15) is 17.9 Å². The van der Waals surface area contributed by atoms with Crippen LogP contribution in [-0.4, -0.2) is 24.3 Å². The van der Waals surface area contributed by atoms with Gasteiger partial charge in [-0.1, -0.05) is 41.9 Å². The van der Waals surface area contributed by atoms with Crippen molar-refractivity contribution in [3.8, 4) is 11.8 Å². The van der Waals surface area contributed by atoms with E-state index in [2.05, 4.69) is 11.4 Å². The zero-order chi connectivity index (χ0) is 18.1. The number of hydrogen-bond donors (Lipinski definition) is 2. The van der Waals surface area contributed by atoms with Crippen molar-refractivity contribution >= 4 is 11.6 Å². The van der Waals surface area contributed by atoms with Gasteiger partial charge in [-0.15, -0.1) is 0 Å². The second-order valence-corrected chi connectivity index (χ2v) is 6.39. The van der Waals surface area contributed by atoms with Gasteiger partial charge < -0.3 is 15.2 Å². The molecule has 0 aromatic heterocycles. The maximum absolute atomic E-state index is 9.29. The number of benzene rings is 2. The molecule has 0 unspecified atom stereocenters. The fourth-order valence-electron chi connectivity index (χ4n) is 2.50. The first kappa shape index (κ1) is 19.3. The van der Waals surface area contributed by atoms with Crippen LogP contribution in [0.1, 0.15) is 37.0 Å². The third-order valence-electron chi connectivity index (χ3n) is 3.91. The molecule has 2 N–H and O–H groups in total. The molecule has 0 radical (unpaired) electrons. The largest absolute Gasteiger partial charge is 0.484 e. The molecule has 5 heteroatoms. The lowest BCUT2D eigenvalue weighted by molar-refractivity contribution is 0.189. The van der Waals surface area contributed by atoms with Crippen molar-refractivity contribution in [1.82, 2.24) is 5.32 Å². The summed E-state index contributed by atoms with van der Waals surface area (Å²) in [6.45, 7) is 2.85. The lowest BCUT2D eigenvalue weighted by atomic mass is 10.0. The predicted octanol–water partition coefficient (Wildman–Crippen LogP) is 4.08. The quantitative estimate of drug-likeness (QED) is 0.663. The van der Waals surface area contributed by atoms with Crippen LogP contribution in [0.25, 0.3) is 0 Å². The van der Waals surface area contributed by atoms with E-state index in [1.165, 1.54) is 0 Å². The molecule has 4 nitrogen and oxygen atoms in total. The Morgan fingerprint density at radius 2 is 2.00 bits per heavy atom. The van der Waals surface area contributed by atoms with Gasteiger partial charge in [0.25, 0.3) is 0 Å². The summed E-state index contributed by atoms with van der Waals surface area (Å²) in [6.07, 6.45) is 1.50. The minimum Gasteiger partial charge on any atom is -0.484 e. The lowest BCUT2D eigenvalue weighted by Gasteiger charge is -2.21. The molecule has 2 atom stereocenters. The second-order valence-electron chi connectivity index (χ2n) is 5.95. The van der Waals surface area contributed by atoms with Crippen LogP contribution in [0.4, 0.5) is 0 Å². The molecule has 0 heterocycles. The number of ether oxygens (including phenoxy) is 1. The Labute approximate surface area is 154 Å². The predicted molar refractivity (Wildman–Crippen MR) is 99.8 cm³/mol. The molecule has 0 spiro atoms. The van der Waals surface area contributed by atoms with E-state index in [1.807, 2.05) is 37.3 Å². The second kappa shape index (κ2) is 10.0. The standard InChI is InChI=1S/C20H23ClN2O2/c1-15(14-24)23-11-5-8-19(16-6-3-2-4-7-16)25-20-12-18(21)10-9-17(20)13-22/h2-4,6-7,9-10,12,15,19,23-24H,5,8,11,14H2,1H3/t15-,19-/m1/s1. The van der Waals surface area contributed by atoms with E-state index in [9.17, 15) is 5.26 Å². The van der Waals surface area contributed by atoms with E-state index in [-0.39, 0.29) is 18.8 Å². The highest BCUT2D eigenvalue weighted by atomic mass is 35.5. The first-order chi connectivity index (χ1) is 12.1. The SMILES string of the molecule is C[C@H](CO)NCCC[C@@H](Oc1cc(Cl)ccc1C#N)c1ccccc1. The fraction of sp³-hybridized carbons (Fsp3) is 0.350. The van der Waals surface area contributed by atoms with Crippen LogP contribution in [0.2, 0.25) is 5.02 Å². The molecule has 0 aliphatic rings. The zero-order valence-corrected chi connectivity index (χ0v) is 15.0. The normalized spacial score (nSPS) is 13.0. The van der Waals surface area contributed by atoms with Crippen LogP contribution in [-0.2, 0) is 0 Å². The molecule has 0 aliphatic carbocycles. The van der Waals surface area contributed by atoms with Crippen molar-refractivity contribution in [1.29, 1.82) is 5.26 Å². The number of aliphatic hydroxyl groups excluding tert-OH is 1. The summed E-state index contributed by atoms with van der Waals surface area (Å²) in [5.74, 6) is 0.500. The van der Waals surface area contributed by atoms with Gasteiger partial charge in [0.05, 0.1) is 12.2 Å².